The van der Waals surface area contributed by atoms with Crippen molar-refractivity contribution in [1.82, 2.24) is 0 Å². The highest BCUT2D eigenvalue weighted by Crippen LogP contribution is 2.44. The van der Waals surface area contributed by atoms with E-state index in [0.29, 0.717) is 18.4 Å². The van der Waals surface area contributed by atoms with Gasteiger partial charge in [0.25, 0.3) is 0 Å². The van der Waals surface area contributed by atoms with Crippen LogP contribution >= 0.6 is 0 Å². The van der Waals surface area contributed by atoms with Crippen molar-refractivity contribution in [1.29, 1.82) is 0 Å². The Morgan fingerprint density at radius 3 is 2.38 bits per heavy atom. The number of hydrogen-bond donors (Lipinski definition) is 1. The molecule has 0 radical (unpaired) electrons. The lowest BCUT2D eigenvalue weighted by Crippen LogP contribution is -2.42. The van der Waals surface area contributed by atoms with Gasteiger partial charge in [0, 0.05) is 0 Å². The molecule has 0 saturated heterocycles. The predicted octanol–water partition coefficient (Wildman–Crippen LogP) is 2.78. The first-order valence-electron chi connectivity index (χ1n) is 5.17. The summed E-state index contributed by atoms with van der Waals surface area (Å²) in [5, 5.41) is 9.17. The zero-order valence-corrected chi connectivity index (χ0v) is 8.89. The van der Waals surface area contributed by atoms with E-state index in [0.717, 1.165) is 12.5 Å². The van der Waals surface area contributed by atoms with Crippen molar-refractivity contribution in [3.63, 3.8) is 0 Å². The highest BCUT2D eigenvalue weighted by atomic mass is 19.2. The zero-order valence-electron chi connectivity index (χ0n) is 8.89. The van der Waals surface area contributed by atoms with Crippen molar-refractivity contribution in [3.05, 3.63) is 34.9 Å². The minimum Gasteiger partial charge on any atom is -0.481 e. The molecular weight excluding hydrogens is 214 g/mol. The molecule has 1 aliphatic rings. The largest absolute Gasteiger partial charge is 0.481 e. The van der Waals surface area contributed by atoms with Crippen LogP contribution < -0.4 is 0 Å². The minimum absolute atomic E-state index is 0.155. The van der Waals surface area contributed by atoms with Crippen LogP contribution in [0.3, 0.4) is 0 Å². The van der Waals surface area contributed by atoms with E-state index in [1.807, 2.05) is 0 Å². The highest BCUT2D eigenvalue weighted by molar-refractivity contribution is 5.82. The molecule has 4 heteroatoms. The lowest BCUT2D eigenvalue weighted by molar-refractivity contribution is -0.147. The van der Waals surface area contributed by atoms with Crippen LogP contribution in [-0.2, 0) is 10.2 Å². The standard InChI is InChI=1S/C12H12F2O2/c1-7-5-8(6-9(13)10(7)14)12(11(15)16)3-2-4-12/h5-6H,2-4H2,1H3,(H,15,16). The molecule has 0 aliphatic heterocycles. The van der Waals surface area contributed by atoms with E-state index in [-0.39, 0.29) is 5.56 Å². The fourth-order valence-electron chi connectivity index (χ4n) is 2.16. The maximum absolute atomic E-state index is 13.2. The number of rotatable bonds is 2. The molecule has 86 valence electrons. The number of aryl methyl sites for hydroxylation is 1. The number of hydrogen-bond acceptors (Lipinski definition) is 1. The molecule has 2 rings (SSSR count). The summed E-state index contributed by atoms with van der Waals surface area (Å²) in [5.41, 5.74) is -0.468. The van der Waals surface area contributed by atoms with Gasteiger partial charge in [-0.2, -0.15) is 0 Å². The van der Waals surface area contributed by atoms with Gasteiger partial charge in [0.2, 0.25) is 0 Å². The first kappa shape index (κ1) is 11.0. The van der Waals surface area contributed by atoms with E-state index in [2.05, 4.69) is 0 Å². The molecule has 1 fully saturated rings. The summed E-state index contributed by atoms with van der Waals surface area (Å²) in [6.07, 6.45) is 1.80. The second-order valence-electron chi connectivity index (χ2n) is 4.33. The highest BCUT2D eigenvalue weighted by Gasteiger charge is 2.46. The van der Waals surface area contributed by atoms with Crippen molar-refractivity contribution >= 4 is 5.97 Å². The minimum atomic E-state index is -1.00. The van der Waals surface area contributed by atoms with Crippen molar-refractivity contribution < 1.29 is 18.7 Å². The summed E-state index contributed by atoms with van der Waals surface area (Å²) in [6.45, 7) is 1.44. The summed E-state index contributed by atoms with van der Waals surface area (Å²) in [6, 6.07) is 2.45. The molecule has 0 atom stereocenters. The Morgan fingerprint density at radius 1 is 1.38 bits per heavy atom. The molecule has 16 heavy (non-hydrogen) atoms. The Hall–Kier alpha value is -1.45. The molecule has 2 nitrogen and oxygen atoms in total. The monoisotopic (exact) mass is 226 g/mol. The van der Waals surface area contributed by atoms with E-state index in [1.165, 1.54) is 13.0 Å². The smallest absolute Gasteiger partial charge is 0.314 e. The van der Waals surface area contributed by atoms with Crippen LogP contribution in [0.5, 0.6) is 0 Å². The van der Waals surface area contributed by atoms with Crippen LogP contribution in [0.2, 0.25) is 0 Å². The Bertz CT molecular complexity index is 427. The first-order chi connectivity index (χ1) is 7.47. The molecule has 1 saturated carbocycles. The summed E-state index contributed by atoms with van der Waals surface area (Å²) < 4.78 is 26.3. The molecule has 0 unspecified atom stereocenters. The third-order valence-corrected chi connectivity index (χ3v) is 3.38. The van der Waals surface area contributed by atoms with Crippen molar-refractivity contribution in [2.75, 3.05) is 0 Å². The fourth-order valence-corrected chi connectivity index (χ4v) is 2.16. The van der Waals surface area contributed by atoms with Gasteiger partial charge in [0.05, 0.1) is 5.41 Å². The van der Waals surface area contributed by atoms with Crippen LogP contribution in [0, 0.1) is 18.6 Å². The van der Waals surface area contributed by atoms with Crippen molar-refractivity contribution in [2.24, 2.45) is 0 Å². The molecular formula is C12H12F2O2. The number of aliphatic carboxylic acids is 1. The number of halogens is 2. The molecule has 1 aromatic carbocycles. The lowest BCUT2D eigenvalue weighted by Gasteiger charge is -2.38. The molecule has 0 amide bonds. The Labute approximate surface area is 91.9 Å². The molecule has 1 aliphatic carbocycles. The van der Waals surface area contributed by atoms with Gasteiger partial charge in [-0.15, -0.1) is 0 Å². The molecule has 1 N–H and O–H groups in total. The zero-order chi connectivity index (χ0) is 11.9. The second kappa shape index (κ2) is 3.54. The molecule has 0 spiro atoms. The van der Waals surface area contributed by atoms with Crippen molar-refractivity contribution in [2.45, 2.75) is 31.6 Å². The average molecular weight is 226 g/mol. The third kappa shape index (κ3) is 1.40. The fraction of sp³-hybridized carbons (Fsp3) is 0.417. The van der Waals surface area contributed by atoms with Gasteiger partial charge >= 0.3 is 5.97 Å². The third-order valence-electron chi connectivity index (χ3n) is 3.38. The second-order valence-corrected chi connectivity index (χ2v) is 4.33. The maximum atomic E-state index is 13.2. The van der Waals surface area contributed by atoms with Crippen LogP contribution in [0.15, 0.2) is 12.1 Å². The lowest BCUT2D eigenvalue weighted by atomic mass is 9.64. The number of carboxylic acids is 1. The van der Waals surface area contributed by atoms with E-state index in [1.54, 1.807) is 0 Å². The van der Waals surface area contributed by atoms with E-state index in [9.17, 15) is 18.7 Å². The van der Waals surface area contributed by atoms with Gasteiger partial charge in [0.1, 0.15) is 0 Å². The van der Waals surface area contributed by atoms with Crippen LogP contribution in [0.25, 0.3) is 0 Å². The number of carboxylic acid groups (broad SMARTS) is 1. The van der Waals surface area contributed by atoms with Gasteiger partial charge in [0.15, 0.2) is 11.6 Å². The maximum Gasteiger partial charge on any atom is 0.314 e. The normalized spacial score (nSPS) is 17.9. The molecule has 0 bridgehead atoms. The van der Waals surface area contributed by atoms with Crippen molar-refractivity contribution in [3.8, 4) is 0 Å². The predicted molar refractivity (Wildman–Crippen MR) is 54.3 cm³/mol. The first-order valence-corrected chi connectivity index (χ1v) is 5.17. The van der Waals surface area contributed by atoms with Crippen LogP contribution in [0.4, 0.5) is 8.78 Å². The number of carbonyl (C=O) groups is 1. The van der Waals surface area contributed by atoms with E-state index >= 15 is 0 Å². The molecule has 0 aromatic heterocycles. The van der Waals surface area contributed by atoms with Gasteiger partial charge in [-0.05, 0) is 37.0 Å². The quantitative estimate of drug-likeness (QED) is 0.841. The summed E-state index contributed by atoms with van der Waals surface area (Å²) >= 11 is 0. The van der Waals surface area contributed by atoms with Gasteiger partial charge < -0.3 is 5.11 Å². The molecule has 0 heterocycles. The summed E-state index contributed by atoms with van der Waals surface area (Å²) in [7, 11) is 0. The Balaban J connectivity index is 2.52. The Kier molecular flexibility index (Phi) is 2.45. The topological polar surface area (TPSA) is 37.3 Å². The van der Waals surface area contributed by atoms with Crippen LogP contribution in [0.1, 0.15) is 30.4 Å². The summed E-state index contributed by atoms with van der Waals surface area (Å²) in [4.78, 5) is 11.2. The van der Waals surface area contributed by atoms with E-state index in [4.69, 9.17) is 0 Å². The SMILES string of the molecule is Cc1cc(C2(C(=O)O)CCC2)cc(F)c1F. The molecule has 1 aromatic rings. The van der Waals surface area contributed by atoms with Gasteiger partial charge in [-0.25, -0.2) is 8.78 Å². The van der Waals surface area contributed by atoms with Gasteiger partial charge in [-0.1, -0.05) is 12.5 Å². The Morgan fingerprint density at radius 2 is 2.00 bits per heavy atom. The van der Waals surface area contributed by atoms with E-state index < -0.39 is 23.0 Å². The summed E-state index contributed by atoms with van der Waals surface area (Å²) in [5.74, 6) is -2.82. The number of benzene rings is 1. The van der Waals surface area contributed by atoms with Crippen LogP contribution in [-0.4, -0.2) is 11.1 Å². The average Bonchev–Trinajstić information content (AvgIpc) is 2.11. The van der Waals surface area contributed by atoms with Gasteiger partial charge in [-0.3, -0.25) is 4.79 Å².